The Morgan fingerprint density at radius 2 is 1.75 bits per heavy atom. The summed E-state index contributed by atoms with van der Waals surface area (Å²) in [5, 5.41) is 0. The standard InChI is InChI=1S/C26H30O6/c1-22(2)9-7-17(27)24(4)15-6-10-23(3)19(14-8-11-30-13-14)31-21(29)20-26(23,32-20)25(15,5)18(28)12-16(22)24/h7-9,11,13,15-16,19-20H,6,10,12H2,1-5H3/t15-,16+,19+,20-,23+,24-,25+,26-/m1/s1. The third-order valence-corrected chi connectivity index (χ3v) is 10.3. The first-order valence-electron chi connectivity index (χ1n) is 11.6. The second kappa shape index (κ2) is 5.64. The van der Waals surface area contributed by atoms with E-state index in [0.29, 0.717) is 19.3 Å². The van der Waals surface area contributed by atoms with Crippen LogP contribution in [0.3, 0.4) is 0 Å². The predicted molar refractivity (Wildman–Crippen MR) is 113 cm³/mol. The molecule has 4 fully saturated rings. The Morgan fingerprint density at radius 3 is 2.44 bits per heavy atom. The minimum absolute atomic E-state index is 0.0729. The summed E-state index contributed by atoms with van der Waals surface area (Å²) >= 11 is 0. The van der Waals surface area contributed by atoms with Crippen molar-refractivity contribution in [2.75, 3.05) is 0 Å². The monoisotopic (exact) mass is 438 g/mol. The summed E-state index contributed by atoms with van der Waals surface area (Å²) in [6.07, 6.45) is 7.23. The van der Waals surface area contributed by atoms with Gasteiger partial charge in [-0.05, 0) is 49.2 Å². The maximum Gasteiger partial charge on any atom is 0.339 e. The summed E-state index contributed by atoms with van der Waals surface area (Å²) in [6.45, 7) is 10.3. The zero-order valence-corrected chi connectivity index (χ0v) is 19.3. The number of rotatable bonds is 1. The topological polar surface area (TPSA) is 86.1 Å². The fourth-order valence-electron chi connectivity index (χ4n) is 8.58. The molecule has 0 unspecified atom stereocenters. The van der Waals surface area contributed by atoms with Crippen molar-refractivity contribution >= 4 is 17.5 Å². The molecule has 0 radical (unpaired) electrons. The second-order valence-corrected chi connectivity index (χ2v) is 11.8. The first kappa shape index (κ1) is 20.4. The van der Waals surface area contributed by atoms with Crippen LogP contribution in [0.25, 0.3) is 0 Å². The second-order valence-electron chi connectivity index (χ2n) is 11.8. The Bertz CT molecular complexity index is 1080. The van der Waals surface area contributed by atoms with E-state index in [9.17, 15) is 14.4 Å². The number of cyclic esters (lactones) is 1. The van der Waals surface area contributed by atoms with Crippen LogP contribution in [0.1, 0.15) is 65.5 Å². The Kier molecular flexibility index (Phi) is 3.60. The quantitative estimate of drug-likeness (QED) is 0.483. The Labute approximate surface area is 187 Å². The van der Waals surface area contributed by atoms with Crippen molar-refractivity contribution in [3.8, 4) is 0 Å². The SMILES string of the molecule is CC1(C)C=CC(=O)[C@]2(C)[C@H]3CC[C@@]4(C)[C@H](c5ccoc5)OC(=O)[C@H]5O[C@]54[C@]3(C)C(=O)C[C@@H]12. The highest BCUT2D eigenvalue weighted by molar-refractivity contribution is 6.01. The van der Waals surface area contributed by atoms with E-state index in [1.54, 1.807) is 18.6 Å². The van der Waals surface area contributed by atoms with Gasteiger partial charge >= 0.3 is 5.97 Å². The summed E-state index contributed by atoms with van der Waals surface area (Å²) in [5.41, 5.74) is -2.68. The fraction of sp³-hybridized carbons (Fsp3) is 0.654. The number of Topliss-reactive ketones (excluding diaryl/α,β-unsaturated/α-hetero) is 1. The van der Waals surface area contributed by atoms with Crippen LogP contribution in [0.2, 0.25) is 0 Å². The average Bonchev–Trinajstić information content (AvgIpc) is 3.30. The van der Waals surface area contributed by atoms with Crippen LogP contribution in [0.4, 0.5) is 0 Å². The molecule has 8 atom stereocenters. The molecule has 170 valence electrons. The number of ketones is 2. The van der Waals surface area contributed by atoms with Gasteiger partial charge in [-0.25, -0.2) is 4.79 Å². The Morgan fingerprint density at radius 1 is 1.00 bits per heavy atom. The smallest absolute Gasteiger partial charge is 0.339 e. The molecule has 6 nitrogen and oxygen atoms in total. The molecule has 5 aliphatic rings. The summed E-state index contributed by atoms with van der Waals surface area (Å²) in [6, 6.07) is 1.81. The lowest BCUT2D eigenvalue weighted by Crippen LogP contribution is -2.72. The first-order chi connectivity index (χ1) is 14.9. The lowest BCUT2D eigenvalue weighted by molar-refractivity contribution is -0.213. The number of epoxide rings is 1. The molecular formula is C26H30O6. The molecule has 0 aromatic carbocycles. The van der Waals surface area contributed by atoms with Crippen molar-refractivity contribution in [3.63, 3.8) is 0 Å². The Balaban J connectivity index is 1.54. The molecule has 2 aliphatic heterocycles. The van der Waals surface area contributed by atoms with Gasteiger partial charge in [0.1, 0.15) is 17.5 Å². The molecule has 2 saturated heterocycles. The van der Waals surface area contributed by atoms with Crippen molar-refractivity contribution in [1.29, 1.82) is 0 Å². The van der Waals surface area contributed by atoms with Gasteiger partial charge < -0.3 is 13.9 Å². The minimum Gasteiger partial charge on any atom is -0.472 e. The predicted octanol–water partition coefficient (Wildman–Crippen LogP) is 4.20. The molecule has 0 bridgehead atoms. The zero-order chi connectivity index (χ0) is 22.9. The van der Waals surface area contributed by atoms with E-state index in [4.69, 9.17) is 13.9 Å². The van der Waals surface area contributed by atoms with Gasteiger partial charge in [0.25, 0.3) is 0 Å². The molecule has 1 spiro atoms. The molecule has 2 saturated carbocycles. The van der Waals surface area contributed by atoms with Crippen LogP contribution in [0.5, 0.6) is 0 Å². The maximum absolute atomic E-state index is 14.1. The number of hydrogen-bond acceptors (Lipinski definition) is 6. The van der Waals surface area contributed by atoms with E-state index < -0.39 is 40.0 Å². The molecule has 1 aromatic rings. The number of carbonyl (C=O) groups is 3. The third-order valence-electron chi connectivity index (χ3n) is 10.3. The van der Waals surface area contributed by atoms with Crippen molar-refractivity contribution in [2.24, 2.45) is 33.5 Å². The van der Waals surface area contributed by atoms with Crippen molar-refractivity contribution in [1.82, 2.24) is 0 Å². The molecule has 6 heteroatoms. The largest absolute Gasteiger partial charge is 0.472 e. The summed E-state index contributed by atoms with van der Waals surface area (Å²) in [7, 11) is 0. The fourth-order valence-corrected chi connectivity index (χ4v) is 8.58. The molecule has 6 rings (SSSR count). The van der Waals surface area contributed by atoms with Gasteiger partial charge in [-0.1, -0.05) is 33.8 Å². The summed E-state index contributed by atoms with van der Waals surface area (Å²) in [4.78, 5) is 40.6. The van der Waals surface area contributed by atoms with Gasteiger partial charge in [0.15, 0.2) is 11.9 Å². The lowest BCUT2D eigenvalue weighted by Gasteiger charge is -2.65. The Hall–Kier alpha value is -2.21. The molecule has 0 N–H and O–H groups in total. The van der Waals surface area contributed by atoms with Gasteiger partial charge in [0.05, 0.1) is 17.9 Å². The number of hydrogen-bond donors (Lipinski definition) is 0. The van der Waals surface area contributed by atoms with Gasteiger partial charge in [0.2, 0.25) is 0 Å². The average molecular weight is 439 g/mol. The van der Waals surface area contributed by atoms with E-state index in [1.807, 2.05) is 26.0 Å². The first-order valence-corrected chi connectivity index (χ1v) is 11.6. The highest BCUT2D eigenvalue weighted by Crippen LogP contribution is 2.78. The van der Waals surface area contributed by atoms with E-state index in [0.717, 1.165) is 5.56 Å². The van der Waals surface area contributed by atoms with Gasteiger partial charge in [-0.15, -0.1) is 0 Å². The van der Waals surface area contributed by atoms with Crippen molar-refractivity contribution in [2.45, 2.75) is 71.7 Å². The third kappa shape index (κ3) is 1.92. The van der Waals surface area contributed by atoms with Gasteiger partial charge in [-0.3, -0.25) is 9.59 Å². The maximum atomic E-state index is 14.1. The van der Waals surface area contributed by atoms with Crippen LogP contribution >= 0.6 is 0 Å². The zero-order valence-electron chi connectivity index (χ0n) is 19.3. The van der Waals surface area contributed by atoms with Crippen LogP contribution in [-0.4, -0.2) is 29.2 Å². The number of ether oxygens (including phenoxy) is 2. The van der Waals surface area contributed by atoms with Gasteiger partial charge in [-0.2, -0.15) is 0 Å². The number of furan rings is 1. The van der Waals surface area contributed by atoms with E-state index in [-0.39, 0.29) is 28.8 Å². The number of esters is 1. The van der Waals surface area contributed by atoms with E-state index >= 15 is 0 Å². The molecule has 32 heavy (non-hydrogen) atoms. The van der Waals surface area contributed by atoms with Crippen molar-refractivity contribution < 1.29 is 28.3 Å². The highest BCUT2D eigenvalue weighted by atomic mass is 16.7. The molecule has 3 heterocycles. The number of fused-ring (bicyclic) bond motifs is 3. The summed E-state index contributed by atoms with van der Waals surface area (Å²) < 4.78 is 17.5. The highest BCUT2D eigenvalue weighted by Gasteiger charge is 2.88. The van der Waals surface area contributed by atoms with Crippen LogP contribution < -0.4 is 0 Å². The van der Waals surface area contributed by atoms with Crippen LogP contribution in [0.15, 0.2) is 35.2 Å². The molecule has 3 aliphatic carbocycles. The summed E-state index contributed by atoms with van der Waals surface area (Å²) in [5.74, 6) is -0.503. The van der Waals surface area contributed by atoms with Crippen molar-refractivity contribution in [3.05, 3.63) is 36.3 Å². The molecule has 1 aromatic heterocycles. The normalized spacial score (nSPS) is 50.6. The number of allylic oxidation sites excluding steroid dienone is 2. The van der Waals surface area contributed by atoms with E-state index in [2.05, 4.69) is 20.8 Å². The number of carbonyl (C=O) groups excluding carboxylic acids is 3. The lowest BCUT2D eigenvalue weighted by atomic mass is 9.36. The van der Waals surface area contributed by atoms with Crippen LogP contribution in [-0.2, 0) is 23.9 Å². The minimum atomic E-state index is -0.975. The molecule has 0 amide bonds. The van der Waals surface area contributed by atoms with E-state index in [1.165, 1.54) is 0 Å². The molecular weight excluding hydrogens is 408 g/mol. The van der Waals surface area contributed by atoms with Gasteiger partial charge in [0, 0.05) is 22.8 Å². The van der Waals surface area contributed by atoms with Crippen LogP contribution in [0, 0.1) is 33.5 Å².